The highest BCUT2D eigenvalue weighted by Crippen LogP contribution is 2.52. The monoisotopic (exact) mass is 292 g/mol. The van der Waals surface area contributed by atoms with Crippen molar-refractivity contribution in [2.75, 3.05) is 13.1 Å². The molecule has 3 heteroatoms. The Labute approximate surface area is 130 Å². The summed E-state index contributed by atoms with van der Waals surface area (Å²) >= 11 is 0. The van der Waals surface area contributed by atoms with Crippen LogP contribution in [0.25, 0.3) is 0 Å². The van der Waals surface area contributed by atoms with Crippen LogP contribution in [0.2, 0.25) is 0 Å². The molecule has 1 aliphatic heterocycles. The average molecular weight is 292 g/mol. The van der Waals surface area contributed by atoms with Crippen molar-refractivity contribution in [2.45, 2.75) is 71.8 Å². The van der Waals surface area contributed by atoms with Gasteiger partial charge in [0.1, 0.15) is 0 Å². The van der Waals surface area contributed by atoms with Crippen molar-refractivity contribution in [2.24, 2.45) is 22.7 Å². The molecule has 0 aromatic rings. The zero-order valence-electron chi connectivity index (χ0n) is 14.2. The second-order valence-electron chi connectivity index (χ2n) is 8.53. The van der Waals surface area contributed by atoms with E-state index in [2.05, 4.69) is 32.2 Å². The maximum Gasteiger partial charge on any atom is 0.0861 e. The number of piperidine rings is 1. The minimum absolute atomic E-state index is 0.206. The fourth-order valence-electron chi connectivity index (χ4n) is 4.43. The first-order valence-corrected chi connectivity index (χ1v) is 8.57. The maximum atomic E-state index is 11.2. The predicted octanol–water partition coefficient (Wildman–Crippen LogP) is 3.48. The van der Waals surface area contributed by atoms with Crippen LogP contribution in [-0.2, 0) is 0 Å². The van der Waals surface area contributed by atoms with Crippen molar-refractivity contribution in [3.05, 3.63) is 0 Å². The molecule has 3 nitrogen and oxygen atoms in total. The van der Waals surface area contributed by atoms with Crippen LogP contribution in [0.3, 0.4) is 0 Å². The van der Waals surface area contributed by atoms with Crippen molar-refractivity contribution < 1.29 is 5.11 Å². The van der Waals surface area contributed by atoms with Crippen molar-refractivity contribution in [3.8, 4) is 6.07 Å². The molecule has 2 rings (SSSR count). The minimum atomic E-state index is -0.877. The summed E-state index contributed by atoms with van der Waals surface area (Å²) in [6.45, 7) is 10.7. The molecule has 0 radical (unpaired) electrons. The van der Waals surface area contributed by atoms with Gasteiger partial charge in [-0.1, -0.05) is 20.8 Å². The topological polar surface area (TPSA) is 56.0 Å². The lowest BCUT2D eigenvalue weighted by Crippen LogP contribution is -2.56. The quantitative estimate of drug-likeness (QED) is 0.819. The number of nitrogens with one attached hydrogen (secondary N) is 1. The van der Waals surface area contributed by atoms with Gasteiger partial charge in [0, 0.05) is 12.5 Å². The van der Waals surface area contributed by atoms with Gasteiger partial charge in [-0.15, -0.1) is 0 Å². The van der Waals surface area contributed by atoms with E-state index < -0.39 is 11.0 Å². The molecule has 2 fully saturated rings. The van der Waals surface area contributed by atoms with Gasteiger partial charge in [0.2, 0.25) is 0 Å². The molecule has 0 bridgehead atoms. The van der Waals surface area contributed by atoms with E-state index in [9.17, 15) is 10.4 Å². The van der Waals surface area contributed by atoms with Gasteiger partial charge in [-0.25, -0.2) is 0 Å². The van der Waals surface area contributed by atoms with E-state index in [0.717, 1.165) is 51.6 Å². The van der Waals surface area contributed by atoms with Crippen molar-refractivity contribution in [3.63, 3.8) is 0 Å². The Morgan fingerprint density at radius 2 is 1.71 bits per heavy atom. The molecule has 2 unspecified atom stereocenters. The lowest BCUT2D eigenvalue weighted by atomic mass is 9.56. The molecule has 1 saturated carbocycles. The van der Waals surface area contributed by atoms with Gasteiger partial charge in [-0.3, -0.25) is 0 Å². The summed E-state index contributed by atoms with van der Waals surface area (Å²) in [6, 6.07) is 2.55. The van der Waals surface area contributed by atoms with Gasteiger partial charge in [-0.05, 0) is 63.3 Å². The Bertz CT molecular complexity index is 388. The Morgan fingerprint density at radius 3 is 2.14 bits per heavy atom. The summed E-state index contributed by atoms with van der Waals surface area (Å²) in [6.07, 6.45) is 5.95. The van der Waals surface area contributed by atoms with Crippen LogP contribution in [0.4, 0.5) is 0 Å². The Morgan fingerprint density at radius 1 is 1.10 bits per heavy atom. The first kappa shape index (κ1) is 16.8. The van der Waals surface area contributed by atoms with Crippen LogP contribution in [0.1, 0.15) is 66.2 Å². The molecule has 120 valence electrons. The predicted molar refractivity (Wildman–Crippen MR) is 85.7 cm³/mol. The first-order valence-electron chi connectivity index (χ1n) is 8.57. The molecule has 2 aliphatic rings. The zero-order chi connectivity index (χ0) is 15.7. The summed E-state index contributed by atoms with van der Waals surface area (Å²) in [5, 5.41) is 24.5. The van der Waals surface area contributed by atoms with E-state index in [-0.39, 0.29) is 5.92 Å². The summed E-state index contributed by atoms with van der Waals surface area (Å²) in [4.78, 5) is 0. The zero-order valence-corrected chi connectivity index (χ0v) is 14.2. The molecule has 21 heavy (non-hydrogen) atoms. The average Bonchev–Trinajstić information content (AvgIpc) is 2.47. The molecule has 2 atom stereocenters. The van der Waals surface area contributed by atoms with Crippen molar-refractivity contribution in [1.29, 1.82) is 5.26 Å². The third kappa shape index (κ3) is 3.12. The number of hydrogen-bond donors (Lipinski definition) is 2. The number of rotatable bonds is 2. The van der Waals surface area contributed by atoms with Crippen LogP contribution in [0, 0.1) is 34.0 Å². The van der Waals surface area contributed by atoms with Gasteiger partial charge >= 0.3 is 0 Å². The highest BCUT2D eigenvalue weighted by molar-refractivity contribution is 5.14. The summed E-state index contributed by atoms with van der Waals surface area (Å²) in [7, 11) is 0. The van der Waals surface area contributed by atoms with E-state index >= 15 is 0 Å². The summed E-state index contributed by atoms with van der Waals surface area (Å²) < 4.78 is 0. The van der Waals surface area contributed by atoms with Gasteiger partial charge in [0.25, 0.3) is 0 Å². The number of nitriles is 1. The first-order chi connectivity index (χ1) is 9.73. The Hall–Kier alpha value is -0.590. The lowest BCUT2D eigenvalue weighted by Gasteiger charge is -2.51. The second kappa shape index (κ2) is 5.89. The van der Waals surface area contributed by atoms with Gasteiger partial charge in [-0.2, -0.15) is 5.26 Å². The Kier molecular flexibility index (Phi) is 4.71. The fourth-order valence-corrected chi connectivity index (χ4v) is 4.43. The van der Waals surface area contributed by atoms with Crippen molar-refractivity contribution >= 4 is 0 Å². The third-order valence-electron chi connectivity index (χ3n) is 6.34. The van der Waals surface area contributed by atoms with Crippen LogP contribution in [-0.4, -0.2) is 23.8 Å². The molecule has 0 aromatic heterocycles. The third-order valence-corrected chi connectivity index (χ3v) is 6.34. The van der Waals surface area contributed by atoms with E-state index in [1.807, 2.05) is 6.92 Å². The summed E-state index contributed by atoms with van der Waals surface area (Å²) in [5.41, 5.74) is -1.13. The normalized spacial score (nSPS) is 37.5. The molecule has 1 heterocycles. The molecular weight excluding hydrogens is 260 g/mol. The van der Waals surface area contributed by atoms with Crippen LogP contribution in [0.15, 0.2) is 0 Å². The van der Waals surface area contributed by atoms with Crippen LogP contribution >= 0.6 is 0 Å². The van der Waals surface area contributed by atoms with E-state index in [1.165, 1.54) is 0 Å². The number of hydrogen-bond acceptors (Lipinski definition) is 3. The lowest BCUT2D eigenvalue weighted by molar-refractivity contribution is -0.115. The largest absolute Gasteiger partial charge is 0.388 e. The van der Waals surface area contributed by atoms with E-state index in [0.29, 0.717) is 11.3 Å². The minimum Gasteiger partial charge on any atom is -0.388 e. The maximum absolute atomic E-state index is 11.2. The highest BCUT2D eigenvalue weighted by atomic mass is 16.3. The molecular formula is C18H32N2O. The van der Waals surface area contributed by atoms with Crippen LogP contribution < -0.4 is 5.32 Å². The van der Waals surface area contributed by atoms with E-state index in [4.69, 9.17) is 0 Å². The smallest absolute Gasteiger partial charge is 0.0861 e. The van der Waals surface area contributed by atoms with Gasteiger partial charge < -0.3 is 10.4 Å². The standard InChI is InChI=1S/C18H32N2O/c1-16(2,3)14-7-9-18(13-19,10-8-14)17(4,21)15-6-5-11-20-12-15/h14-15,20-21H,5-12H2,1-4H3. The molecule has 2 N–H and O–H groups in total. The SMILES string of the molecule is CC(C)(C)C1CCC(C#N)(C(C)(O)C2CCCNC2)CC1. The number of aliphatic hydroxyl groups is 1. The molecule has 0 spiro atoms. The van der Waals surface area contributed by atoms with Gasteiger partial charge in [0.15, 0.2) is 0 Å². The summed E-state index contributed by atoms with van der Waals surface area (Å²) in [5.74, 6) is 0.872. The van der Waals surface area contributed by atoms with E-state index in [1.54, 1.807) is 0 Å². The van der Waals surface area contributed by atoms with Crippen LogP contribution in [0.5, 0.6) is 0 Å². The molecule has 1 aliphatic carbocycles. The fraction of sp³-hybridized carbons (Fsp3) is 0.944. The second-order valence-corrected chi connectivity index (χ2v) is 8.53. The molecule has 0 aromatic carbocycles. The number of nitrogens with zero attached hydrogens (tertiary/aromatic N) is 1. The van der Waals surface area contributed by atoms with Gasteiger partial charge in [0.05, 0.1) is 17.1 Å². The highest BCUT2D eigenvalue weighted by Gasteiger charge is 2.54. The van der Waals surface area contributed by atoms with Crippen molar-refractivity contribution in [1.82, 2.24) is 5.32 Å². The molecule has 0 amide bonds. The Balaban J connectivity index is 2.14. The molecule has 1 saturated heterocycles.